The van der Waals surface area contributed by atoms with Crippen molar-refractivity contribution < 1.29 is 58.5 Å². The number of aliphatic hydroxyl groups excluding tert-OH is 2. The minimum Gasteiger partial charge on any atom is -0.508 e. The molecule has 1 aromatic rings. The van der Waals surface area contributed by atoms with E-state index in [-0.39, 0.29) is 69.1 Å². The topological polar surface area (TPSA) is 241 Å². The van der Waals surface area contributed by atoms with Crippen LogP contribution in [0.1, 0.15) is 78.7 Å². The number of rotatable bonds is 9. The summed E-state index contributed by atoms with van der Waals surface area (Å²) in [5.74, 6) is -6.22. The monoisotopic (exact) mass is 863 g/mol. The van der Waals surface area contributed by atoms with Crippen LogP contribution in [0.5, 0.6) is 5.75 Å². The van der Waals surface area contributed by atoms with Gasteiger partial charge in [0, 0.05) is 44.2 Å². The molecule has 8 atom stereocenters. The van der Waals surface area contributed by atoms with Crippen molar-refractivity contribution in [3.63, 3.8) is 0 Å². The predicted molar refractivity (Wildman–Crippen MR) is 226 cm³/mol. The molecule has 0 radical (unpaired) electrons. The van der Waals surface area contributed by atoms with E-state index < -0.39 is 83.8 Å². The Kier molecular flexibility index (Phi) is 18.8. The van der Waals surface area contributed by atoms with Crippen molar-refractivity contribution in [1.29, 1.82) is 0 Å². The number of aromatic hydroxyl groups is 1. The van der Waals surface area contributed by atoms with Gasteiger partial charge >= 0.3 is 5.97 Å². The van der Waals surface area contributed by atoms with Crippen LogP contribution in [0.25, 0.3) is 0 Å². The van der Waals surface area contributed by atoms with Gasteiger partial charge in [-0.1, -0.05) is 69.4 Å². The van der Waals surface area contributed by atoms with E-state index in [1.807, 2.05) is 0 Å². The molecule has 3 aliphatic heterocycles. The molecule has 0 aromatic heterocycles. The Hall–Kier alpha value is -5.49. The number of nitrogens with one attached hydrogen (secondary N) is 3. The van der Waals surface area contributed by atoms with E-state index in [2.05, 4.69) is 16.1 Å². The number of phenols is 1. The van der Waals surface area contributed by atoms with Gasteiger partial charge in [-0.3, -0.25) is 38.6 Å². The van der Waals surface area contributed by atoms with Crippen molar-refractivity contribution in [3.8, 4) is 5.75 Å². The second-order valence-corrected chi connectivity index (χ2v) is 16.4. The van der Waals surface area contributed by atoms with Gasteiger partial charge in [-0.15, -0.1) is 0 Å². The Morgan fingerprint density at radius 1 is 1.03 bits per heavy atom. The summed E-state index contributed by atoms with van der Waals surface area (Å²) in [5.41, 5.74) is 4.04. The molecule has 4 amide bonds. The number of hydrogen-bond donors (Lipinski definition) is 6. The van der Waals surface area contributed by atoms with Gasteiger partial charge in [-0.05, 0) is 62.3 Å². The first-order chi connectivity index (χ1) is 29.4. The molecule has 3 heterocycles. The number of phenolic OH excluding ortho intramolecular Hbond substituents is 1. The standard InChI is InChI=1S/C45H61N5O12/c1-27(2)40-43(58)46-36(25-31-13-10-14-32(52)24-31)44(59)49-22-11-15-35(48-49)45(60)62-38(28(3)12-9-18-39(55)50-26-33(53)21-23-61-50)17-8-6-7-16-37(54)30(5)41(56)34(42(57)47-40)20-19-29(4)51/h6-10,12-14,16,18,24,27,30,34-38,40-41,48,52,54,56H,11,15,17,19-23,25-26H2,1-5H3,(H,46,58)(H,47,57)/b8-6+,16-7+,18-9+,28-12+/t30-,34+,35?,36-,37-,38-,40-,41+/m0/s1. The summed E-state index contributed by atoms with van der Waals surface area (Å²) in [6.45, 7) is 8.13. The van der Waals surface area contributed by atoms with Gasteiger partial charge in [0.1, 0.15) is 42.3 Å². The zero-order chi connectivity index (χ0) is 45.5. The number of ketones is 2. The molecule has 2 saturated heterocycles. The smallest absolute Gasteiger partial charge is 0.325 e. The lowest BCUT2D eigenvalue weighted by molar-refractivity contribution is -0.193. The zero-order valence-electron chi connectivity index (χ0n) is 36.0. The third-order valence-corrected chi connectivity index (χ3v) is 11.0. The molecule has 17 nitrogen and oxygen atoms in total. The number of nitrogens with zero attached hydrogens (tertiary/aromatic N) is 2. The molecular formula is C45H61N5O12. The molecule has 0 aliphatic carbocycles. The fraction of sp³-hybridized carbons (Fsp3) is 0.533. The van der Waals surface area contributed by atoms with Crippen LogP contribution in [0.15, 0.2) is 72.4 Å². The summed E-state index contributed by atoms with van der Waals surface area (Å²) in [6.07, 6.45) is 7.92. The minimum atomic E-state index is -1.44. The largest absolute Gasteiger partial charge is 0.508 e. The second-order valence-electron chi connectivity index (χ2n) is 16.4. The van der Waals surface area contributed by atoms with E-state index in [0.717, 1.165) is 5.06 Å². The number of ether oxygens (including phenoxy) is 1. The fourth-order valence-corrected chi connectivity index (χ4v) is 7.22. The highest BCUT2D eigenvalue weighted by Gasteiger charge is 2.38. The number of cyclic esters (lactones) is 1. The number of carbonyl (C=O) groups excluding carboxylic acids is 7. The van der Waals surface area contributed by atoms with E-state index in [0.29, 0.717) is 24.0 Å². The number of esters is 1. The van der Waals surface area contributed by atoms with Crippen molar-refractivity contribution in [2.75, 3.05) is 19.7 Å². The number of fused-ring (bicyclic) bond motifs is 2. The summed E-state index contributed by atoms with van der Waals surface area (Å²) in [7, 11) is 0. The van der Waals surface area contributed by atoms with Crippen LogP contribution < -0.4 is 16.1 Å². The fourth-order valence-electron chi connectivity index (χ4n) is 7.22. The molecule has 2 fully saturated rings. The van der Waals surface area contributed by atoms with E-state index in [9.17, 15) is 48.9 Å². The summed E-state index contributed by atoms with van der Waals surface area (Å²) >= 11 is 0. The lowest BCUT2D eigenvalue weighted by Gasteiger charge is -2.36. The molecule has 2 bridgehead atoms. The van der Waals surface area contributed by atoms with Crippen LogP contribution in [0.3, 0.4) is 0 Å². The molecule has 62 heavy (non-hydrogen) atoms. The average Bonchev–Trinajstić information content (AvgIpc) is 3.23. The van der Waals surface area contributed by atoms with Crippen molar-refractivity contribution in [3.05, 3.63) is 77.9 Å². The van der Waals surface area contributed by atoms with E-state index in [1.165, 1.54) is 42.3 Å². The van der Waals surface area contributed by atoms with Crippen molar-refractivity contribution in [2.24, 2.45) is 17.8 Å². The lowest BCUT2D eigenvalue weighted by Crippen LogP contribution is -2.62. The molecule has 4 rings (SSSR count). The Balaban J connectivity index is 1.70. The van der Waals surface area contributed by atoms with Gasteiger partial charge in [-0.2, -0.15) is 0 Å². The molecule has 1 aromatic carbocycles. The second kappa shape index (κ2) is 23.7. The Morgan fingerprint density at radius 2 is 1.79 bits per heavy atom. The summed E-state index contributed by atoms with van der Waals surface area (Å²) in [6, 6.07) is 2.78. The first-order valence-electron chi connectivity index (χ1n) is 21.1. The molecule has 0 spiro atoms. The Labute approximate surface area is 362 Å². The van der Waals surface area contributed by atoms with Gasteiger partial charge in [0.15, 0.2) is 5.78 Å². The zero-order valence-corrected chi connectivity index (χ0v) is 36.0. The third kappa shape index (κ3) is 14.6. The van der Waals surface area contributed by atoms with E-state index in [1.54, 1.807) is 64.1 Å². The normalized spacial score (nSPS) is 29.0. The number of hydrogen-bond acceptors (Lipinski definition) is 13. The molecule has 17 heteroatoms. The summed E-state index contributed by atoms with van der Waals surface area (Å²) < 4.78 is 6.01. The lowest BCUT2D eigenvalue weighted by atomic mass is 9.84. The number of allylic oxidation sites excluding steroid dienone is 4. The van der Waals surface area contributed by atoms with Crippen molar-refractivity contribution in [2.45, 2.75) is 116 Å². The molecular weight excluding hydrogens is 803 g/mol. The van der Waals surface area contributed by atoms with Crippen molar-refractivity contribution in [1.82, 2.24) is 26.1 Å². The van der Waals surface area contributed by atoms with Gasteiger partial charge in [-0.25, -0.2) is 10.5 Å². The first kappa shape index (κ1) is 49.2. The van der Waals surface area contributed by atoms with Gasteiger partial charge in [0.05, 0.1) is 24.7 Å². The van der Waals surface area contributed by atoms with Crippen LogP contribution in [0.2, 0.25) is 0 Å². The Bertz CT molecular complexity index is 1910. The molecule has 3 aliphatic rings. The van der Waals surface area contributed by atoms with E-state index in [4.69, 9.17) is 9.57 Å². The van der Waals surface area contributed by atoms with Crippen molar-refractivity contribution >= 4 is 41.2 Å². The highest BCUT2D eigenvalue weighted by atomic mass is 16.7. The summed E-state index contributed by atoms with van der Waals surface area (Å²) in [4.78, 5) is 98.0. The molecule has 1 unspecified atom stereocenters. The number of Topliss-reactive ketones (excluding diaryl/α,β-unsaturated/α-hetero) is 2. The van der Waals surface area contributed by atoms with Crippen LogP contribution in [-0.4, -0.2) is 123 Å². The highest BCUT2D eigenvalue weighted by Crippen LogP contribution is 2.24. The van der Waals surface area contributed by atoms with E-state index >= 15 is 0 Å². The predicted octanol–water partition coefficient (Wildman–Crippen LogP) is 2.06. The molecule has 6 N–H and O–H groups in total. The maximum Gasteiger partial charge on any atom is 0.325 e. The molecule has 338 valence electrons. The number of benzene rings is 1. The van der Waals surface area contributed by atoms with Crippen LogP contribution in [0, 0.1) is 17.8 Å². The van der Waals surface area contributed by atoms with Crippen LogP contribution in [0.4, 0.5) is 0 Å². The number of hydroxylamine groups is 2. The SMILES string of the molecule is CC(=O)CC[C@H]1C(=O)N[C@@H](C(C)C)C(=O)N[C@@H](Cc2cccc(O)c2)C(=O)N2CCCC(N2)C(=O)O[C@H](/C(C)=C/C=C/C(=O)N2CC(=O)CCO2)C/C=C/C=C/[C@H](O)[C@H](C)[C@H]1O. The summed E-state index contributed by atoms with van der Waals surface area (Å²) in [5, 5.41) is 40.5. The number of aliphatic hydroxyl groups is 2. The molecule has 0 saturated carbocycles. The maximum atomic E-state index is 14.3. The highest BCUT2D eigenvalue weighted by molar-refractivity contribution is 5.93. The quantitative estimate of drug-likeness (QED) is 0.119. The van der Waals surface area contributed by atoms with Gasteiger partial charge in [0.25, 0.3) is 11.8 Å². The van der Waals surface area contributed by atoms with Gasteiger partial charge in [0.2, 0.25) is 11.8 Å². The van der Waals surface area contributed by atoms with Crippen LogP contribution >= 0.6 is 0 Å². The Morgan fingerprint density at radius 3 is 2.48 bits per heavy atom. The minimum absolute atomic E-state index is 0.0427. The first-order valence-corrected chi connectivity index (χ1v) is 21.1. The maximum absolute atomic E-state index is 14.3. The number of amides is 4. The third-order valence-electron chi connectivity index (χ3n) is 11.0. The number of carbonyl (C=O) groups is 7. The number of hydrazine groups is 1. The average molecular weight is 864 g/mol. The van der Waals surface area contributed by atoms with Gasteiger partial charge < -0.3 is 35.5 Å². The van der Waals surface area contributed by atoms with Crippen LogP contribution in [-0.2, 0) is 49.6 Å².